The molecule has 13 heteroatoms. The van der Waals surface area contributed by atoms with Crippen LogP contribution in [0.5, 0.6) is 0 Å². The molecule has 2 aliphatic carbocycles. The maximum Gasteiger partial charge on any atom is 0.410 e. The molecule has 6 rings (SSSR count). The number of carbonyl (C=O) groups is 1. The number of hydrogen-bond acceptors (Lipinski definition) is 7. The molecule has 0 N–H and O–H groups in total. The summed E-state index contributed by atoms with van der Waals surface area (Å²) in [5, 5.41) is 0.453. The maximum atomic E-state index is 14.0. The molecule has 1 aromatic carbocycles. The number of benzene rings is 1. The average Bonchev–Trinajstić information content (AvgIpc) is 3.77. The van der Waals surface area contributed by atoms with E-state index >= 15 is 0 Å². The molecule has 0 aromatic heterocycles. The van der Waals surface area contributed by atoms with Crippen molar-refractivity contribution >= 4 is 37.7 Å². The lowest BCUT2D eigenvalue weighted by molar-refractivity contribution is -0.0770. The van der Waals surface area contributed by atoms with Crippen LogP contribution in [0, 0.1) is 5.92 Å². The molecule has 2 saturated carbocycles. The first-order valence-electron chi connectivity index (χ1n) is 12.8. The SMILES string of the molecule is CS(=O)(=O)N1C2CCC1CN(C(=O)OC1([C@H]3COC[C@@H](C4CC4)N3S(=O)(=O)c3ccc(Cl)cc3)CC1)C2. The number of nitrogens with zero attached hydrogens (tertiary/aromatic N) is 3. The van der Waals surface area contributed by atoms with E-state index in [2.05, 4.69) is 0 Å². The lowest BCUT2D eigenvalue weighted by atomic mass is 10.0. The number of hydrogen-bond donors (Lipinski definition) is 0. The molecule has 0 radical (unpaired) electrons. The Bertz CT molecular complexity index is 1270. The lowest BCUT2D eigenvalue weighted by Crippen LogP contribution is -2.62. The molecule has 4 atom stereocenters. The van der Waals surface area contributed by atoms with E-state index in [0.717, 1.165) is 12.8 Å². The van der Waals surface area contributed by atoms with Crippen molar-refractivity contribution in [3.63, 3.8) is 0 Å². The Hall–Kier alpha value is -1.44. The molecule has 5 aliphatic rings. The van der Waals surface area contributed by atoms with E-state index in [1.807, 2.05) is 0 Å². The molecule has 1 amide bonds. The third-order valence-electron chi connectivity index (χ3n) is 8.45. The van der Waals surface area contributed by atoms with Crippen molar-refractivity contribution in [1.82, 2.24) is 13.5 Å². The molecule has 204 valence electrons. The van der Waals surface area contributed by atoms with Gasteiger partial charge in [-0.3, -0.25) is 0 Å². The predicted octanol–water partition coefficient (Wildman–Crippen LogP) is 2.29. The zero-order chi connectivity index (χ0) is 26.2. The average molecular weight is 574 g/mol. The first-order valence-corrected chi connectivity index (χ1v) is 16.5. The number of rotatable bonds is 6. The van der Waals surface area contributed by atoms with Crippen molar-refractivity contribution in [2.45, 2.75) is 73.2 Å². The summed E-state index contributed by atoms with van der Waals surface area (Å²) in [5.41, 5.74) is -0.961. The molecular weight excluding hydrogens is 542 g/mol. The molecule has 5 fully saturated rings. The van der Waals surface area contributed by atoms with Gasteiger partial charge in [0.1, 0.15) is 5.60 Å². The van der Waals surface area contributed by atoms with Crippen molar-refractivity contribution in [2.24, 2.45) is 5.92 Å². The maximum absolute atomic E-state index is 14.0. The Kier molecular flexibility index (Phi) is 6.32. The number of amides is 1. The van der Waals surface area contributed by atoms with Crippen LogP contribution < -0.4 is 0 Å². The minimum atomic E-state index is -3.90. The number of ether oxygens (including phenoxy) is 2. The summed E-state index contributed by atoms with van der Waals surface area (Å²) in [6.45, 7) is 1.01. The molecule has 3 aliphatic heterocycles. The van der Waals surface area contributed by atoms with Gasteiger partial charge in [-0.2, -0.15) is 8.61 Å². The van der Waals surface area contributed by atoms with E-state index in [4.69, 9.17) is 21.1 Å². The van der Waals surface area contributed by atoms with E-state index < -0.39 is 37.8 Å². The second-order valence-electron chi connectivity index (χ2n) is 11.1. The summed E-state index contributed by atoms with van der Waals surface area (Å²) in [5.74, 6) is 0.219. The molecule has 3 heterocycles. The number of morpholine rings is 1. The smallest absolute Gasteiger partial charge is 0.410 e. The minimum Gasteiger partial charge on any atom is -0.441 e. The van der Waals surface area contributed by atoms with Crippen molar-refractivity contribution in [3.05, 3.63) is 29.3 Å². The number of likely N-dealkylation sites (tertiary alicyclic amines) is 1. The summed E-state index contributed by atoms with van der Waals surface area (Å²) in [6.07, 6.45) is 5.08. The van der Waals surface area contributed by atoms with Gasteiger partial charge in [0.25, 0.3) is 0 Å². The zero-order valence-corrected chi connectivity index (χ0v) is 23.0. The van der Waals surface area contributed by atoms with Crippen LogP contribution in [-0.2, 0) is 29.5 Å². The third-order valence-corrected chi connectivity index (χ3v) is 12.0. The fourth-order valence-corrected chi connectivity index (χ4v) is 9.84. The van der Waals surface area contributed by atoms with Crippen LogP contribution in [0.1, 0.15) is 38.5 Å². The molecule has 2 unspecified atom stereocenters. The van der Waals surface area contributed by atoms with Gasteiger partial charge in [0.2, 0.25) is 20.0 Å². The lowest BCUT2D eigenvalue weighted by Gasteiger charge is -2.45. The highest BCUT2D eigenvalue weighted by atomic mass is 35.5. The first-order chi connectivity index (χ1) is 17.5. The summed E-state index contributed by atoms with van der Waals surface area (Å²) in [4.78, 5) is 15.1. The second-order valence-corrected chi connectivity index (χ2v) is 15.2. The minimum absolute atomic E-state index is 0.149. The summed E-state index contributed by atoms with van der Waals surface area (Å²) < 4.78 is 67.5. The number of piperazine rings is 1. The molecular formula is C24H32ClN3O7S2. The van der Waals surface area contributed by atoms with Crippen molar-refractivity contribution in [2.75, 3.05) is 32.6 Å². The quantitative estimate of drug-likeness (QED) is 0.513. The highest BCUT2D eigenvalue weighted by molar-refractivity contribution is 7.89. The van der Waals surface area contributed by atoms with Crippen LogP contribution in [0.25, 0.3) is 0 Å². The van der Waals surface area contributed by atoms with E-state index in [1.54, 1.807) is 21.3 Å². The van der Waals surface area contributed by atoms with Crippen LogP contribution in [0.4, 0.5) is 4.79 Å². The van der Waals surface area contributed by atoms with Gasteiger partial charge >= 0.3 is 6.09 Å². The summed E-state index contributed by atoms with van der Waals surface area (Å²) in [7, 11) is -7.26. The van der Waals surface area contributed by atoms with Gasteiger partial charge in [0.05, 0.1) is 36.4 Å². The van der Waals surface area contributed by atoms with Gasteiger partial charge in [-0.15, -0.1) is 0 Å². The normalized spacial score (nSPS) is 32.3. The fourth-order valence-electron chi connectivity index (χ4n) is 6.38. The molecule has 0 spiro atoms. The molecule has 3 saturated heterocycles. The van der Waals surface area contributed by atoms with E-state index in [-0.39, 0.29) is 48.6 Å². The van der Waals surface area contributed by atoms with Crippen LogP contribution in [0.3, 0.4) is 0 Å². The number of halogens is 1. The topological polar surface area (TPSA) is 114 Å². The highest BCUT2D eigenvalue weighted by Gasteiger charge is 2.62. The monoisotopic (exact) mass is 573 g/mol. The Labute approximate surface area is 222 Å². The Morgan fingerprint density at radius 2 is 1.59 bits per heavy atom. The van der Waals surface area contributed by atoms with Gasteiger partial charge in [0.15, 0.2) is 0 Å². The van der Waals surface area contributed by atoms with Crippen molar-refractivity contribution < 1.29 is 31.1 Å². The Morgan fingerprint density at radius 1 is 0.973 bits per heavy atom. The zero-order valence-electron chi connectivity index (χ0n) is 20.7. The molecule has 10 nitrogen and oxygen atoms in total. The molecule has 1 aromatic rings. The van der Waals surface area contributed by atoms with Crippen molar-refractivity contribution in [1.29, 1.82) is 0 Å². The van der Waals surface area contributed by atoms with E-state index in [1.165, 1.54) is 22.7 Å². The van der Waals surface area contributed by atoms with Gasteiger partial charge < -0.3 is 14.4 Å². The first kappa shape index (κ1) is 25.8. The predicted molar refractivity (Wildman–Crippen MR) is 135 cm³/mol. The van der Waals surface area contributed by atoms with Crippen LogP contribution in [0.2, 0.25) is 5.02 Å². The number of fused-ring (bicyclic) bond motifs is 2. The Balaban J connectivity index is 1.24. The standard InChI is InChI=1S/C24H32ClN3O7S2/c1-36(30,31)27-18-6-7-19(27)13-26(12-18)23(29)35-24(10-11-24)22-15-34-14-21(16-2-3-16)28(22)37(32,33)20-8-4-17(25)5-9-20/h4-5,8-9,16,18-19,21-22H,2-3,6-7,10-15H2,1H3/t18?,19?,21-,22+/m0/s1. The second kappa shape index (κ2) is 9.06. The Morgan fingerprint density at radius 3 is 2.14 bits per heavy atom. The highest BCUT2D eigenvalue weighted by Crippen LogP contribution is 2.50. The van der Waals surface area contributed by atoms with Gasteiger partial charge in [-0.25, -0.2) is 21.6 Å². The van der Waals surface area contributed by atoms with Crippen LogP contribution in [0.15, 0.2) is 29.2 Å². The van der Waals surface area contributed by atoms with Crippen molar-refractivity contribution in [3.8, 4) is 0 Å². The summed E-state index contributed by atoms with van der Waals surface area (Å²) >= 11 is 6.01. The molecule has 37 heavy (non-hydrogen) atoms. The fraction of sp³-hybridized carbons (Fsp3) is 0.708. The largest absolute Gasteiger partial charge is 0.441 e. The molecule has 2 bridgehead atoms. The van der Waals surface area contributed by atoms with Gasteiger partial charge in [-0.05, 0) is 68.7 Å². The third kappa shape index (κ3) is 4.67. The van der Waals surface area contributed by atoms with E-state index in [0.29, 0.717) is 37.3 Å². The van der Waals surface area contributed by atoms with E-state index in [9.17, 15) is 21.6 Å². The number of carbonyl (C=O) groups excluding carboxylic acids is 1. The summed E-state index contributed by atoms with van der Waals surface area (Å²) in [6, 6.07) is 4.69. The van der Waals surface area contributed by atoms with Crippen LogP contribution in [-0.4, -0.2) is 98.8 Å². The van der Waals surface area contributed by atoms with Crippen LogP contribution >= 0.6 is 11.6 Å². The van der Waals surface area contributed by atoms with Gasteiger partial charge in [0, 0.05) is 30.2 Å². The number of sulfonamides is 2. The van der Waals surface area contributed by atoms with Gasteiger partial charge in [-0.1, -0.05) is 11.6 Å².